The summed E-state index contributed by atoms with van der Waals surface area (Å²) in [6, 6.07) is 7.00. The Hall–Kier alpha value is -1.30. The zero-order valence-corrected chi connectivity index (χ0v) is 11.5. The summed E-state index contributed by atoms with van der Waals surface area (Å²) < 4.78 is 39.7. The predicted octanol–water partition coefficient (Wildman–Crippen LogP) is 2.64. The fraction of sp³-hybridized carbons (Fsp3) is 0.462. The molecule has 0 amide bonds. The molecule has 2 atom stereocenters. The molecule has 0 aliphatic heterocycles. The van der Waals surface area contributed by atoms with Gasteiger partial charge in [0, 0.05) is 16.4 Å². The lowest BCUT2D eigenvalue weighted by molar-refractivity contribution is -0.137. The fourth-order valence-electron chi connectivity index (χ4n) is 1.73. The predicted molar refractivity (Wildman–Crippen MR) is 69.6 cm³/mol. The van der Waals surface area contributed by atoms with Crippen LogP contribution in [0.1, 0.15) is 19.4 Å². The van der Waals surface area contributed by atoms with Gasteiger partial charge in [0.25, 0.3) is 5.92 Å². The summed E-state index contributed by atoms with van der Waals surface area (Å²) in [7, 11) is -2.14. The standard InChI is InChI=1S/C13H16F2O3S/c1-9(2)11(12(16)17)19(18)8-13(14,15)10-6-4-3-5-7-10/h3-7,9,11H,8H2,1-2H3,(H,16,17). The lowest BCUT2D eigenvalue weighted by Gasteiger charge is -2.21. The molecule has 1 aromatic rings. The van der Waals surface area contributed by atoms with E-state index in [-0.39, 0.29) is 5.56 Å². The van der Waals surface area contributed by atoms with E-state index in [1.807, 2.05) is 0 Å². The molecule has 19 heavy (non-hydrogen) atoms. The second-order valence-corrected chi connectivity index (χ2v) is 6.16. The summed E-state index contributed by atoms with van der Waals surface area (Å²) in [5.41, 5.74) is -0.253. The highest BCUT2D eigenvalue weighted by Crippen LogP contribution is 2.30. The van der Waals surface area contributed by atoms with Crippen LogP contribution in [-0.2, 0) is 21.5 Å². The molecule has 0 fully saturated rings. The number of rotatable bonds is 6. The van der Waals surface area contributed by atoms with Crippen LogP contribution in [0.3, 0.4) is 0 Å². The minimum absolute atomic E-state index is 0.253. The molecule has 1 aromatic carbocycles. The van der Waals surface area contributed by atoms with Gasteiger partial charge in [0.2, 0.25) is 0 Å². The maximum atomic E-state index is 13.9. The van der Waals surface area contributed by atoms with Crippen LogP contribution in [0.15, 0.2) is 30.3 Å². The van der Waals surface area contributed by atoms with E-state index in [0.29, 0.717) is 0 Å². The van der Waals surface area contributed by atoms with Gasteiger partial charge in [-0.25, -0.2) is 8.78 Å². The smallest absolute Gasteiger partial charge is 0.319 e. The number of halogens is 2. The summed E-state index contributed by atoms with van der Waals surface area (Å²) >= 11 is 0. The summed E-state index contributed by atoms with van der Waals surface area (Å²) in [6.45, 7) is 3.11. The maximum absolute atomic E-state index is 13.9. The van der Waals surface area contributed by atoms with Gasteiger partial charge in [0.1, 0.15) is 5.25 Å². The topological polar surface area (TPSA) is 54.4 Å². The average Bonchev–Trinajstić information content (AvgIpc) is 2.28. The van der Waals surface area contributed by atoms with Gasteiger partial charge in [-0.1, -0.05) is 44.2 Å². The summed E-state index contributed by atoms with van der Waals surface area (Å²) in [4.78, 5) is 11.0. The molecule has 0 radical (unpaired) electrons. The molecule has 2 unspecified atom stereocenters. The lowest BCUT2D eigenvalue weighted by Crippen LogP contribution is -2.36. The number of carboxylic acids is 1. The first-order valence-electron chi connectivity index (χ1n) is 5.79. The average molecular weight is 290 g/mol. The largest absolute Gasteiger partial charge is 0.480 e. The van der Waals surface area contributed by atoms with Gasteiger partial charge in [0.05, 0.1) is 5.75 Å². The van der Waals surface area contributed by atoms with Crippen molar-refractivity contribution in [3.63, 3.8) is 0 Å². The van der Waals surface area contributed by atoms with E-state index < -0.39 is 39.6 Å². The molecule has 0 bridgehead atoms. The molecule has 3 nitrogen and oxygen atoms in total. The number of hydrogen-bond acceptors (Lipinski definition) is 2. The Morgan fingerprint density at radius 2 is 1.84 bits per heavy atom. The van der Waals surface area contributed by atoms with Crippen LogP contribution in [-0.4, -0.2) is 26.3 Å². The van der Waals surface area contributed by atoms with Gasteiger partial charge < -0.3 is 5.11 Å². The van der Waals surface area contributed by atoms with Crippen molar-refractivity contribution in [3.05, 3.63) is 35.9 Å². The van der Waals surface area contributed by atoms with E-state index in [1.54, 1.807) is 19.9 Å². The molecule has 0 saturated carbocycles. The van der Waals surface area contributed by atoms with E-state index >= 15 is 0 Å². The first-order valence-corrected chi connectivity index (χ1v) is 7.17. The number of alkyl halides is 2. The molecule has 1 N–H and O–H groups in total. The van der Waals surface area contributed by atoms with Gasteiger partial charge in [0.15, 0.2) is 0 Å². The minimum atomic E-state index is -3.30. The highest BCUT2D eigenvalue weighted by molar-refractivity contribution is 7.86. The van der Waals surface area contributed by atoms with Crippen molar-refractivity contribution in [1.29, 1.82) is 0 Å². The molecule has 0 aliphatic rings. The monoisotopic (exact) mass is 290 g/mol. The quantitative estimate of drug-likeness (QED) is 0.876. The van der Waals surface area contributed by atoms with Crippen molar-refractivity contribution in [1.82, 2.24) is 0 Å². The van der Waals surface area contributed by atoms with E-state index in [9.17, 15) is 17.8 Å². The SMILES string of the molecule is CC(C)C(C(=O)O)S(=O)CC(F)(F)c1ccccc1. The molecule has 0 aromatic heterocycles. The van der Waals surface area contributed by atoms with Crippen molar-refractivity contribution in [2.24, 2.45) is 5.92 Å². The van der Waals surface area contributed by atoms with Crippen LogP contribution >= 0.6 is 0 Å². The van der Waals surface area contributed by atoms with Crippen LogP contribution in [0.2, 0.25) is 0 Å². The Balaban J connectivity index is 2.89. The first-order chi connectivity index (χ1) is 8.75. The van der Waals surface area contributed by atoms with Crippen LogP contribution in [0.5, 0.6) is 0 Å². The number of benzene rings is 1. The highest BCUT2D eigenvalue weighted by Gasteiger charge is 2.39. The normalized spacial score (nSPS) is 15.2. The number of carbonyl (C=O) groups is 1. The van der Waals surface area contributed by atoms with Gasteiger partial charge >= 0.3 is 5.97 Å². The Morgan fingerprint density at radius 1 is 1.32 bits per heavy atom. The summed E-state index contributed by atoms with van der Waals surface area (Å²) in [6.07, 6.45) is 0. The molecule has 106 valence electrons. The van der Waals surface area contributed by atoms with Crippen LogP contribution < -0.4 is 0 Å². The summed E-state index contributed by atoms with van der Waals surface area (Å²) in [5.74, 6) is -6.05. The third-order valence-corrected chi connectivity index (χ3v) is 4.61. The number of aliphatic carboxylic acids is 1. The van der Waals surface area contributed by atoms with Crippen LogP contribution in [0.4, 0.5) is 8.78 Å². The van der Waals surface area contributed by atoms with E-state index in [2.05, 4.69) is 0 Å². The minimum Gasteiger partial charge on any atom is -0.480 e. The molecule has 0 heterocycles. The Kier molecular flexibility index (Phi) is 5.17. The molecular formula is C13H16F2O3S. The first kappa shape index (κ1) is 15.8. The van der Waals surface area contributed by atoms with Crippen molar-refractivity contribution < 1.29 is 22.9 Å². The van der Waals surface area contributed by atoms with E-state index in [0.717, 1.165) is 0 Å². The molecule has 6 heteroatoms. The lowest BCUT2D eigenvalue weighted by atomic mass is 10.1. The van der Waals surface area contributed by atoms with Crippen LogP contribution in [0.25, 0.3) is 0 Å². The Morgan fingerprint density at radius 3 is 2.26 bits per heavy atom. The van der Waals surface area contributed by atoms with Gasteiger partial charge in [-0.05, 0) is 5.92 Å². The fourth-order valence-corrected chi connectivity index (χ4v) is 3.27. The maximum Gasteiger partial charge on any atom is 0.319 e. The van der Waals surface area contributed by atoms with E-state index in [1.165, 1.54) is 24.3 Å². The molecule has 0 spiro atoms. The number of carboxylic acid groups (broad SMARTS) is 1. The second kappa shape index (κ2) is 6.23. The van der Waals surface area contributed by atoms with Crippen molar-refractivity contribution in [2.45, 2.75) is 25.0 Å². The molecular weight excluding hydrogens is 274 g/mol. The zero-order valence-electron chi connectivity index (χ0n) is 10.7. The van der Waals surface area contributed by atoms with Crippen molar-refractivity contribution >= 4 is 16.8 Å². The van der Waals surface area contributed by atoms with Crippen molar-refractivity contribution in [3.8, 4) is 0 Å². The number of hydrogen-bond donors (Lipinski definition) is 1. The molecule has 0 aliphatic carbocycles. The highest BCUT2D eigenvalue weighted by atomic mass is 32.2. The van der Waals surface area contributed by atoms with Crippen molar-refractivity contribution in [2.75, 3.05) is 5.75 Å². The Labute approximate surface area is 113 Å². The van der Waals surface area contributed by atoms with Crippen LogP contribution in [0, 0.1) is 5.92 Å². The van der Waals surface area contributed by atoms with E-state index in [4.69, 9.17) is 5.11 Å². The third kappa shape index (κ3) is 4.09. The zero-order chi connectivity index (χ0) is 14.6. The molecule has 1 rings (SSSR count). The molecule has 0 saturated heterocycles. The van der Waals surface area contributed by atoms with Gasteiger partial charge in [-0.3, -0.25) is 9.00 Å². The Bertz CT molecular complexity index is 460. The van der Waals surface area contributed by atoms with Gasteiger partial charge in [-0.2, -0.15) is 0 Å². The summed E-state index contributed by atoms with van der Waals surface area (Å²) in [5, 5.41) is 7.66. The third-order valence-electron chi connectivity index (χ3n) is 2.65. The van der Waals surface area contributed by atoms with Gasteiger partial charge in [-0.15, -0.1) is 0 Å². The second-order valence-electron chi connectivity index (χ2n) is 4.60.